The van der Waals surface area contributed by atoms with Gasteiger partial charge in [0.15, 0.2) is 37.7 Å². The van der Waals surface area contributed by atoms with Gasteiger partial charge in [-0.3, -0.25) is 0 Å². The monoisotopic (exact) mass is 1090 g/mol. The summed E-state index contributed by atoms with van der Waals surface area (Å²) in [5.41, 5.74) is -1.72. The molecule has 0 aliphatic carbocycles. The fourth-order valence-electron chi connectivity index (χ4n) is 9.50. The minimum Gasteiger partial charge on any atom is -0.394 e. The van der Waals surface area contributed by atoms with E-state index in [-0.39, 0.29) is 0 Å². The van der Waals surface area contributed by atoms with Gasteiger partial charge >= 0.3 is 0 Å². The first-order chi connectivity index (χ1) is 34.7. The molecule has 74 heavy (non-hydrogen) atoms. The number of hydrogen-bond acceptors (Lipinski definition) is 30. The molecule has 0 aromatic carbocycles. The van der Waals surface area contributed by atoms with Crippen LogP contribution in [0.25, 0.3) is 0 Å². The Bertz CT molecular complexity index is 1680. The second-order valence-electron chi connectivity index (χ2n) is 21.1. The number of hydrogen-bond donors (Lipinski definition) is 17. The van der Waals surface area contributed by atoms with Crippen molar-refractivity contribution in [3.63, 3.8) is 0 Å². The van der Waals surface area contributed by atoms with Crippen molar-refractivity contribution in [3.05, 3.63) is 0 Å². The van der Waals surface area contributed by atoms with Crippen molar-refractivity contribution in [2.45, 2.75) is 237 Å². The molecule has 6 heterocycles. The lowest BCUT2D eigenvalue weighted by Crippen LogP contribution is -2.67. The summed E-state index contributed by atoms with van der Waals surface area (Å²) >= 11 is 0. The summed E-state index contributed by atoms with van der Waals surface area (Å²) in [5.74, 6) is 0. The molecule has 0 amide bonds. The summed E-state index contributed by atoms with van der Waals surface area (Å²) in [6.45, 7) is 5.08. The summed E-state index contributed by atoms with van der Waals surface area (Å²) in [6, 6.07) is 0. The molecule has 17 N–H and O–H groups in total. The van der Waals surface area contributed by atoms with E-state index >= 15 is 0 Å². The normalized spacial score (nSPS) is 48.9. The molecule has 6 saturated heterocycles. The number of aliphatic hydroxyl groups excluding tert-OH is 17. The highest BCUT2D eigenvalue weighted by molar-refractivity contribution is 4.99. The van der Waals surface area contributed by atoms with Crippen LogP contribution in [0.3, 0.4) is 0 Å². The predicted octanol–water partition coefficient (Wildman–Crippen LogP) is -9.43. The van der Waals surface area contributed by atoms with E-state index in [0.29, 0.717) is 0 Å². The fourth-order valence-corrected chi connectivity index (χ4v) is 9.50. The Kier molecular flexibility index (Phi) is 21.7. The average molecular weight is 1090 g/mol. The molecule has 29 atom stereocenters. The summed E-state index contributed by atoms with van der Waals surface area (Å²) in [6.07, 6.45) is -50.0. The van der Waals surface area contributed by atoms with Gasteiger partial charge in [-0.05, 0) is 41.5 Å². The lowest BCUT2D eigenvalue weighted by atomic mass is 9.95. The zero-order valence-electron chi connectivity index (χ0n) is 41.6. The molecule has 434 valence electrons. The maximum absolute atomic E-state index is 11.6. The van der Waals surface area contributed by atoms with Crippen LogP contribution in [0.2, 0.25) is 0 Å². The van der Waals surface area contributed by atoms with E-state index in [0.717, 1.165) is 0 Å². The van der Waals surface area contributed by atoms with Crippen molar-refractivity contribution in [3.8, 4) is 0 Å². The smallest absolute Gasteiger partial charge is 0.187 e. The van der Waals surface area contributed by atoms with Crippen LogP contribution in [-0.4, -0.2) is 316 Å². The summed E-state index contributed by atoms with van der Waals surface area (Å²) in [7, 11) is 0. The van der Waals surface area contributed by atoms with E-state index in [1.54, 1.807) is 41.5 Å². The zero-order valence-corrected chi connectivity index (χ0v) is 41.6. The number of aliphatic hydroxyl groups is 17. The van der Waals surface area contributed by atoms with Crippen LogP contribution < -0.4 is 0 Å². The van der Waals surface area contributed by atoms with Gasteiger partial charge in [-0.2, -0.15) is 0 Å². The Morgan fingerprint density at radius 1 is 0.351 bits per heavy atom. The van der Waals surface area contributed by atoms with Gasteiger partial charge in [0, 0.05) is 6.42 Å². The second kappa shape index (κ2) is 25.9. The second-order valence-corrected chi connectivity index (χ2v) is 21.1. The van der Waals surface area contributed by atoms with Crippen LogP contribution >= 0.6 is 0 Å². The highest BCUT2D eigenvalue weighted by atomic mass is 16.8. The largest absolute Gasteiger partial charge is 0.394 e. The van der Waals surface area contributed by atoms with Gasteiger partial charge in [0.1, 0.15) is 134 Å². The third-order valence-electron chi connectivity index (χ3n) is 13.2. The van der Waals surface area contributed by atoms with E-state index in [9.17, 15) is 86.8 Å². The Hall–Kier alpha value is -1.20. The minimum atomic E-state index is -2.09. The van der Waals surface area contributed by atoms with E-state index in [1.807, 2.05) is 0 Å². The van der Waals surface area contributed by atoms with Gasteiger partial charge in [-0.1, -0.05) is 0 Å². The molecular weight excluding hydrogens is 1010 g/mol. The summed E-state index contributed by atoms with van der Waals surface area (Å²) in [5, 5.41) is 183. The first kappa shape index (κ1) is 62.0. The molecule has 30 heteroatoms. The van der Waals surface area contributed by atoms with Gasteiger partial charge in [-0.25, -0.2) is 0 Å². The van der Waals surface area contributed by atoms with E-state index in [1.165, 1.54) is 0 Å². The van der Waals surface area contributed by atoms with Crippen LogP contribution in [0.1, 0.15) is 48.0 Å². The van der Waals surface area contributed by atoms with E-state index in [4.69, 9.17) is 61.6 Å². The van der Waals surface area contributed by atoms with Gasteiger partial charge < -0.3 is 148 Å². The maximum Gasteiger partial charge on any atom is 0.187 e. The molecule has 29 unspecified atom stereocenters. The molecule has 0 aromatic heterocycles. The highest BCUT2D eigenvalue weighted by Gasteiger charge is 2.56. The van der Waals surface area contributed by atoms with Gasteiger partial charge in [0.25, 0.3) is 0 Å². The van der Waals surface area contributed by atoms with Crippen molar-refractivity contribution < 1.29 is 148 Å². The molecule has 6 rings (SSSR count). The molecule has 0 saturated carbocycles. The van der Waals surface area contributed by atoms with Crippen molar-refractivity contribution in [1.29, 1.82) is 0 Å². The lowest BCUT2D eigenvalue weighted by molar-refractivity contribution is -0.385. The standard InChI is InChI=1S/C44H78O30/c1-43(2,3)73-36-18(11-48)67-40(30(59)25(36)54)70-32-14(50)7-21(69-33-15(8-45)64-38(61)27(56)22(33)51)63-20(32)13-62-39-28(57)23(52)34(16(9-46)65-39)71-41-29(58)24(53)35(17(10-47)66-41)72-42-31(60)26(55)37(19(12-49)68-42)74-44(4,5)6/h14-42,45-61H,7-13H2,1-6H3. The zero-order chi connectivity index (χ0) is 54.9. The Labute approximate surface area is 424 Å². The SMILES string of the molecule is CC(C)(C)OC1C(CO)OC(OC2C(O)CC(OC3C(CO)OC(O)C(O)C3O)OC2COC2OC(CO)C(OC3OC(CO)C(OC4OC(CO)C(OC(C)(C)C)C(O)C4O)C(O)C3O)C(O)C2O)C(O)C1O. The van der Waals surface area contributed by atoms with Crippen LogP contribution in [-0.2, 0) is 61.6 Å². The molecule has 30 nitrogen and oxygen atoms in total. The van der Waals surface area contributed by atoms with Crippen molar-refractivity contribution >= 4 is 0 Å². The Morgan fingerprint density at radius 2 is 0.676 bits per heavy atom. The van der Waals surface area contributed by atoms with Gasteiger partial charge in [-0.15, -0.1) is 0 Å². The maximum atomic E-state index is 11.6. The van der Waals surface area contributed by atoms with Crippen LogP contribution in [0, 0.1) is 0 Å². The van der Waals surface area contributed by atoms with Gasteiger partial charge in [0.05, 0.1) is 56.9 Å². The predicted molar refractivity (Wildman–Crippen MR) is 235 cm³/mol. The van der Waals surface area contributed by atoms with Crippen LogP contribution in [0.5, 0.6) is 0 Å². The Morgan fingerprint density at radius 3 is 1.08 bits per heavy atom. The first-order valence-electron chi connectivity index (χ1n) is 24.4. The van der Waals surface area contributed by atoms with E-state index < -0.39 is 235 Å². The minimum absolute atomic E-state index is 0.496. The lowest BCUT2D eigenvalue weighted by Gasteiger charge is -2.49. The third-order valence-corrected chi connectivity index (χ3v) is 13.2. The topological polar surface area (TPSA) is 464 Å². The molecule has 0 radical (unpaired) electrons. The van der Waals surface area contributed by atoms with Crippen LogP contribution in [0.4, 0.5) is 0 Å². The average Bonchev–Trinajstić information content (AvgIpc) is 3.34. The molecule has 0 spiro atoms. The Balaban J connectivity index is 1.15. The fraction of sp³-hybridized carbons (Fsp3) is 1.00. The molecule has 6 aliphatic rings. The first-order valence-corrected chi connectivity index (χ1v) is 24.4. The van der Waals surface area contributed by atoms with Crippen molar-refractivity contribution in [2.75, 3.05) is 39.6 Å². The number of ether oxygens (including phenoxy) is 13. The molecule has 6 aliphatic heterocycles. The summed E-state index contributed by atoms with van der Waals surface area (Å²) < 4.78 is 75.0. The van der Waals surface area contributed by atoms with E-state index in [2.05, 4.69) is 0 Å². The molecule has 0 aromatic rings. The molecule has 0 bridgehead atoms. The quantitative estimate of drug-likeness (QED) is 0.0606. The van der Waals surface area contributed by atoms with Crippen molar-refractivity contribution in [1.82, 2.24) is 0 Å². The molecule has 6 fully saturated rings. The van der Waals surface area contributed by atoms with Crippen LogP contribution in [0.15, 0.2) is 0 Å². The van der Waals surface area contributed by atoms with Crippen molar-refractivity contribution in [2.24, 2.45) is 0 Å². The highest BCUT2D eigenvalue weighted by Crippen LogP contribution is 2.37. The molecular formula is C44H78O30. The number of rotatable bonds is 18. The van der Waals surface area contributed by atoms with Gasteiger partial charge in [0.2, 0.25) is 0 Å². The third kappa shape index (κ3) is 14.2. The summed E-state index contributed by atoms with van der Waals surface area (Å²) in [4.78, 5) is 0.